The minimum Gasteiger partial charge on any atom is -0.324 e. The number of hydrogen-bond acceptors (Lipinski definition) is 6. The third-order valence-corrected chi connectivity index (χ3v) is 6.86. The largest absolute Gasteiger partial charge is 0.324 e. The highest BCUT2D eigenvalue weighted by atomic mass is 35.5. The average Bonchev–Trinajstić information content (AvgIpc) is 3.29. The van der Waals surface area contributed by atoms with E-state index in [-0.39, 0.29) is 23.1 Å². The quantitative estimate of drug-likeness (QED) is 0.356. The SMILES string of the molecule is CN1C[C@H](c2cccc([N+](=O)[O-])c2)[C@H](C(=O)c2ccccn2)[C@@]12C(=O)Nc1ccc(Cl)cc12. The Morgan fingerprint density at radius 1 is 1.21 bits per heavy atom. The molecule has 1 fully saturated rings. The Hall–Kier alpha value is -3.62. The second-order valence-electron chi connectivity index (χ2n) is 8.31. The maximum atomic E-state index is 14.0. The Morgan fingerprint density at radius 3 is 2.76 bits per heavy atom. The molecular weight excluding hydrogens is 444 g/mol. The molecule has 1 N–H and O–H groups in total. The molecule has 3 aromatic rings. The zero-order valence-corrected chi connectivity index (χ0v) is 18.3. The van der Waals surface area contributed by atoms with Gasteiger partial charge in [0.1, 0.15) is 11.2 Å². The van der Waals surface area contributed by atoms with Crippen LogP contribution in [0.2, 0.25) is 5.02 Å². The predicted molar refractivity (Wildman–Crippen MR) is 122 cm³/mol. The number of likely N-dealkylation sites (N-methyl/N-ethyl adjacent to an activating group) is 1. The average molecular weight is 463 g/mol. The molecule has 2 aliphatic rings. The van der Waals surface area contributed by atoms with E-state index in [9.17, 15) is 19.7 Å². The van der Waals surface area contributed by atoms with E-state index in [0.717, 1.165) is 0 Å². The van der Waals surface area contributed by atoms with Gasteiger partial charge in [0.2, 0.25) is 5.91 Å². The molecule has 8 nitrogen and oxygen atoms in total. The van der Waals surface area contributed by atoms with Gasteiger partial charge in [-0.05, 0) is 42.9 Å². The van der Waals surface area contributed by atoms with Crippen LogP contribution in [0.25, 0.3) is 0 Å². The fourth-order valence-electron chi connectivity index (χ4n) is 5.25. The monoisotopic (exact) mass is 462 g/mol. The Morgan fingerprint density at radius 2 is 2.03 bits per heavy atom. The smallest absolute Gasteiger partial charge is 0.269 e. The summed E-state index contributed by atoms with van der Waals surface area (Å²) in [7, 11) is 1.78. The number of amides is 1. The van der Waals surface area contributed by atoms with Gasteiger partial charge in [0.15, 0.2) is 5.78 Å². The summed E-state index contributed by atoms with van der Waals surface area (Å²) in [6.07, 6.45) is 1.53. The van der Waals surface area contributed by atoms with Crippen LogP contribution < -0.4 is 5.32 Å². The number of fused-ring (bicyclic) bond motifs is 2. The second-order valence-corrected chi connectivity index (χ2v) is 8.74. The van der Waals surface area contributed by atoms with E-state index in [2.05, 4.69) is 10.3 Å². The van der Waals surface area contributed by atoms with Crippen LogP contribution in [-0.2, 0) is 10.3 Å². The van der Waals surface area contributed by atoms with Crippen LogP contribution in [0.15, 0.2) is 66.9 Å². The fraction of sp³-hybridized carbons (Fsp3) is 0.208. The number of nitro benzene ring substituents is 1. The van der Waals surface area contributed by atoms with Crippen LogP contribution >= 0.6 is 11.6 Å². The predicted octanol–water partition coefficient (Wildman–Crippen LogP) is 4.02. The number of nitrogens with zero attached hydrogens (tertiary/aromatic N) is 3. The molecule has 1 aromatic heterocycles. The van der Waals surface area contributed by atoms with Crippen molar-refractivity contribution in [2.45, 2.75) is 11.5 Å². The van der Waals surface area contributed by atoms with E-state index in [1.807, 2.05) is 4.90 Å². The van der Waals surface area contributed by atoms with Crippen molar-refractivity contribution in [1.82, 2.24) is 9.88 Å². The van der Waals surface area contributed by atoms with Crippen molar-refractivity contribution in [3.8, 4) is 0 Å². The van der Waals surface area contributed by atoms with E-state index >= 15 is 0 Å². The van der Waals surface area contributed by atoms with Gasteiger partial charge in [0.05, 0.1) is 10.8 Å². The molecule has 2 aliphatic heterocycles. The molecule has 0 radical (unpaired) electrons. The number of nitro groups is 1. The number of non-ortho nitro benzene ring substituents is 1. The molecule has 0 saturated carbocycles. The van der Waals surface area contributed by atoms with Crippen molar-refractivity contribution in [3.63, 3.8) is 0 Å². The van der Waals surface area contributed by atoms with Crippen molar-refractivity contribution < 1.29 is 14.5 Å². The highest BCUT2D eigenvalue weighted by Crippen LogP contribution is 2.56. The van der Waals surface area contributed by atoms with Crippen molar-refractivity contribution in [3.05, 3.63) is 98.8 Å². The van der Waals surface area contributed by atoms with Gasteiger partial charge in [-0.3, -0.25) is 29.6 Å². The number of likely N-dealkylation sites (tertiary alicyclic amines) is 1. The first kappa shape index (κ1) is 21.2. The fourth-order valence-corrected chi connectivity index (χ4v) is 5.42. The first-order valence-corrected chi connectivity index (χ1v) is 10.7. The van der Waals surface area contributed by atoms with E-state index in [1.165, 1.54) is 18.3 Å². The number of ketones is 1. The number of Topliss-reactive ketones (excluding diaryl/α,β-unsaturated/α-hetero) is 1. The minimum absolute atomic E-state index is 0.0699. The van der Waals surface area contributed by atoms with Gasteiger partial charge in [-0.15, -0.1) is 0 Å². The first-order chi connectivity index (χ1) is 15.8. The Bertz CT molecular complexity index is 1300. The van der Waals surface area contributed by atoms with Crippen molar-refractivity contribution in [2.24, 2.45) is 5.92 Å². The lowest BCUT2D eigenvalue weighted by Gasteiger charge is -2.35. The number of carbonyl (C=O) groups is 2. The van der Waals surface area contributed by atoms with Crippen LogP contribution in [0.3, 0.4) is 0 Å². The highest BCUT2D eigenvalue weighted by Gasteiger charge is 2.64. The standard InChI is InChI=1S/C24H19ClN4O4/c1-28-13-17(14-5-4-6-16(11-14)29(32)33)21(22(30)20-7-2-3-10-26-20)24(28)18-12-15(25)8-9-19(18)27-23(24)31/h2-12,17,21H,13H2,1H3,(H,27,31)/t17-,21-,24+/m1/s1. The van der Waals surface area contributed by atoms with Crippen LogP contribution in [0.5, 0.6) is 0 Å². The highest BCUT2D eigenvalue weighted by molar-refractivity contribution is 6.31. The molecule has 3 atom stereocenters. The van der Waals surface area contributed by atoms with E-state index in [1.54, 1.807) is 55.6 Å². The molecule has 33 heavy (non-hydrogen) atoms. The lowest BCUT2D eigenvalue weighted by atomic mass is 9.71. The van der Waals surface area contributed by atoms with Crippen LogP contribution in [0.4, 0.5) is 11.4 Å². The van der Waals surface area contributed by atoms with E-state index in [0.29, 0.717) is 28.4 Å². The topological polar surface area (TPSA) is 105 Å². The van der Waals surface area contributed by atoms with E-state index < -0.39 is 22.3 Å². The van der Waals surface area contributed by atoms with Crippen molar-refractivity contribution >= 4 is 34.7 Å². The van der Waals surface area contributed by atoms with Crippen LogP contribution in [-0.4, -0.2) is 40.1 Å². The first-order valence-electron chi connectivity index (χ1n) is 10.4. The maximum Gasteiger partial charge on any atom is 0.269 e. The molecular formula is C24H19ClN4O4. The number of nitrogens with one attached hydrogen (secondary N) is 1. The zero-order valence-electron chi connectivity index (χ0n) is 17.6. The molecule has 1 spiro atoms. The number of anilines is 1. The molecule has 0 bridgehead atoms. The number of rotatable bonds is 4. The summed E-state index contributed by atoms with van der Waals surface area (Å²) in [5.41, 5.74) is 0.657. The molecule has 166 valence electrons. The summed E-state index contributed by atoms with van der Waals surface area (Å²) < 4.78 is 0. The lowest BCUT2D eigenvalue weighted by Crippen LogP contribution is -2.51. The third kappa shape index (κ3) is 3.13. The lowest BCUT2D eigenvalue weighted by molar-refractivity contribution is -0.384. The Balaban J connectivity index is 1.74. The number of halogens is 1. The van der Waals surface area contributed by atoms with Crippen LogP contribution in [0, 0.1) is 16.0 Å². The number of pyridine rings is 1. The summed E-state index contributed by atoms with van der Waals surface area (Å²) in [6, 6.07) is 16.4. The molecule has 2 aromatic carbocycles. The van der Waals surface area contributed by atoms with Gasteiger partial charge in [-0.2, -0.15) is 0 Å². The second kappa shape index (κ2) is 7.75. The van der Waals surface area contributed by atoms with Crippen molar-refractivity contribution in [1.29, 1.82) is 0 Å². The number of aromatic nitrogens is 1. The van der Waals surface area contributed by atoms with Gasteiger partial charge < -0.3 is 5.32 Å². The summed E-state index contributed by atoms with van der Waals surface area (Å²) in [5, 5.41) is 14.8. The summed E-state index contributed by atoms with van der Waals surface area (Å²) >= 11 is 6.30. The molecule has 1 saturated heterocycles. The molecule has 5 rings (SSSR count). The van der Waals surface area contributed by atoms with Gasteiger partial charge in [-0.25, -0.2) is 0 Å². The van der Waals surface area contributed by atoms with Gasteiger partial charge in [-0.1, -0.05) is 29.8 Å². The molecule has 9 heteroatoms. The minimum atomic E-state index is -1.33. The molecule has 1 amide bonds. The summed E-state index contributed by atoms with van der Waals surface area (Å²) in [4.78, 5) is 44.6. The van der Waals surface area contributed by atoms with Gasteiger partial charge in [0.25, 0.3) is 5.69 Å². The summed E-state index contributed by atoms with van der Waals surface area (Å²) in [5.74, 6) is -2.00. The van der Waals surface area contributed by atoms with Crippen LogP contribution in [0.1, 0.15) is 27.5 Å². The molecule has 0 aliphatic carbocycles. The third-order valence-electron chi connectivity index (χ3n) is 6.62. The Kier molecular flexibility index (Phi) is 4.99. The Labute approximate surface area is 194 Å². The zero-order chi connectivity index (χ0) is 23.3. The van der Waals surface area contributed by atoms with Gasteiger partial charge in [0, 0.05) is 47.1 Å². The summed E-state index contributed by atoms with van der Waals surface area (Å²) in [6.45, 7) is 0.337. The molecule has 0 unspecified atom stereocenters. The molecule has 3 heterocycles. The normalized spacial score (nSPS) is 24.0. The maximum absolute atomic E-state index is 14.0. The van der Waals surface area contributed by atoms with Crippen molar-refractivity contribution in [2.75, 3.05) is 18.9 Å². The number of carbonyl (C=O) groups excluding carboxylic acids is 2. The van der Waals surface area contributed by atoms with Gasteiger partial charge >= 0.3 is 0 Å². The number of hydrogen-bond donors (Lipinski definition) is 1. The van der Waals surface area contributed by atoms with E-state index in [4.69, 9.17) is 11.6 Å². The number of benzene rings is 2.